The van der Waals surface area contributed by atoms with Crippen molar-refractivity contribution >= 4 is 0 Å². The van der Waals surface area contributed by atoms with E-state index in [4.69, 9.17) is 0 Å². The van der Waals surface area contributed by atoms with Gasteiger partial charge in [-0.15, -0.1) is 0 Å². The Hall–Kier alpha value is -1.75. The highest BCUT2D eigenvalue weighted by Crippen LogP contribution is 2.13. The number of halogens is 2. The number of benzene rings is 1. The van der Waals surface area contributed by atoms with Crippen LogP contribution in [0.4, 0.5) is 8.78 Å². The van der Waals surface area contributed by atoms with Crippen molar-refractivity contribution in [3.63, 3.8) is 0 Å². The van der Waals surface area contributed by atoms with Gasteiger partial charge in [-0.05, 0) is 24.6 Å². The maximum atomic E-state index is 13.7. The van der Waals surface area contributed by atoms with Gasteiger partial charge in [0.05, 0.1) is 0 Å². The molecule has 3 nitrogen and oxygen atoms in total. The number of nitrogens with one attached hydrogen (secondary N) is 1. The molecule has 2 aromatic rings. The highest BCUT2D eigenvalue weighted by atomic mass is 19.1. The van der Waals surface area contributed by atoms with Crippen molar-refractivity contribution in [2.75, 3.05) is 6.54 Å². The molecule has 0 spiro atoms. The van der Waals surface area contributed by atoms with Crippen LogP contribution in [0.3, 0.4) is 0 Å². The summed E-state index contributed by atoms with van der Waals surface area (Å²) in [6.07, 6.45) is 4.84. The molecule has 0 saturated carbocycles. The van der Waals surface area contributed by atoms with Crippen molar-refractivity contribution in [3.8, 4) is 0 Å². The summed E-state index contributed by atoms with van der Waals surface area (Å²) in [6, 6.07) is 3.80. The number of nitrogens with zero attached hydrogens (tertiary/aromatic N) is 2. The molecule has 5 heteroatoms. The first kappa shape index (κ1) is 14.7. The highest BCUT2D eigenvalue weighted by molar-refractivity contribution is 5.20. The predicted molar refractivity (Wildman–Crippen MR) is 74.4 cm³/mol. The number of imidazole rings is 1. The van der Waals surface area contributed by atoms with Crippen LogP contribution in [-0.4, -0.2) is 22.1 Å². The maximum absolute atomic E-state index is 13.7. The second-order valence-electron chi connectivity index (χ2n) is 4.85. The minimum absolute atomic E-state index is 0.0704. The van der Waals surface area contributed by atoms with Crippen molar-refractivity contribution in [3.05, 3.63) is 53.6 Å². The topological polar surface area (TPSA) is 29.9 Å². The fourth-order valence-electron chi connectivity index (χ4n) is 2.27. The maximum Gasteiger partial charge on any atom is 0.129 e. The molecule has 1 aromatic heterocycles. The summed E-state index contributed by atoms with van der Waals surface area (Å²) >= 11 is 0. The Morgan fingerprint density at radius 3 is 2.70 bits per heavy atom. The van der Waals surface area contributed by atoms with E-state index in [1.165, 1.54) is 12.1 Å². The summed E-state index contributed by atoms with van der Waals surface area (Å²) in [5.74, 6) is -0.0958. The minimum atomic E-state index is -0.546. The van der Waals surface area contributed by atoms with Gasteiger partial charge in [-0.1, -0.05) is 13.0 Å². The lowest BCUT2D eigenvalue weighted by Gasteiger charge is -2.18. The zero-order chi connectivity index (χ0) is 14.5. The van der Waals surface area contributed by atoms with Crippen LogP contribution in [0, 0.1) is 11.6 Å². The van der Waals surface area contributed by atoms with E-state index in [1.54, 1.807) is 6.20 Å². The molecule has 20 heavy (non-hydrogen) atoms. The smallest absolute Gasteiger partial charge is 0.129 e. The Morgan fingerprint density at radius 2 is 2.10 bits per heavy atom. The molecule has 0 aliphatic carbocycles. The lowest BCUT2D eigenvalue weighted by atomic mass is 10.0. The molecule has 1 N–H and O–H groups in total. The van der Waals surface area contributed by atoms with Gasteiger partial charge in [0.2, 0.25) is 0 Å². The summed E-state index contributed by atoms with van der Waals surface area (Å²) in [4.78, 5) is 4.29. The standard InChI is InChI=1S/C15H19F2N3/c1-3-18-13(10-15-19-6-7-20(15)2)8-11-4-5-12(16)9-14(11)17/h4-7,9,13,18H,3,8,10H2,1-2H3. The molecule has 1 heterocycles. The van der Waals surface area contributed by atoms with Gasteiger partial charge >= 0.3 is 0 Å². The van der Waals surface area contributed by atoms with Gasteiger partial charge < -0.3 is 9.88 Å². The van der Waals surface area contributed by atoms with Gasteiger partial charge in [0, 0.05) is 38.0 Å². The van der Waals surface area contributed by atoms with Crippen molar-refractivity contribution < 1.29 is 8.78 Å². The third kappa shape index (κ3) is 3.63. The Balaban J connectivity index is 2.11. The van der Waals surface area contributed by atoms with Gasteiger partial charge in [-0.3, -0.25) is 0 Å². The SMILES string of the molecule is CCNC(Cc1ccc(F)cc1F)Cc1nccn1C. The highest BCUT2D eigenvalue weighted by Gasteiger charge is 2.14. The van der Waals surface area contributed by atoms with Crippen molar-refractivity contribution in [1.82, 2.24) is 14.9 Å². The average Bonchev–Trinajstić information content (AvgIpc) is 2.79. The van der Waals surface area contributed by atoms with Crippen LogP contribution >= 0.6 is 0 Å². The number of likely N-dealkylation sites (N-methyl/N-ethyl adjacent to an activating group) is 1. The van der Waals surface area contributed by atoms with Crippen molar-refractivity contribution in [2.24, 2.45) is 7.05 Å². The molecule has 0 aliphatic heterocycles. The number of hydrogen-bond donors (Lipinski definition) is 1. The largest absolute Gasteiger partial charge is 0.338 e. The van der Waals surface area contributed by atoms with Crippen LogP contribution in [0.2, 0.25) is 0 Å². The molecule has 0 aliphatic rings. The molecule has 108 valence electrons. The van der Waals surface area contributed by atoms with E-state index in [-0.39, 0.29) is 6.04 Å². The molecule has 0 saturated heterocycles. The zero-order valence-corrected chi connectivity index (χ0v) is 11.7. The molecule has 1 unspecified atom stereocenters. The monoisotopic (exact) mass is 279 g/mol. The van der Waals surface area contributed by atoms with Crippen molar-refractivity contribution in [2.45, 2.75) is 25.8 Å². The Bertz CT molecular complexity index is 566. The molecule has 0 fully saturated rings. The summed E-state index contributed by atoms with van der Waals surface area (Å²) in [6.45, 7) is 2.80. The first-order valence-electron chi connectivity index (χ1n) is 6.73. The van der Waals surface area contributed by atoms with Crippen LogP contribution in [-0.2, 0) is 19.9 Å². The Kier molecular flexibility index (Phi) is 4.84. The van der Waals surface area contributed by atoms with Gasteiger partial charge in [0.15, 0.2) is 0 Å². The quantitative estimate of drug-likeness (QED) is 0.880. The first-order valence-corrected chi connectivity index (χ1v) is 6.73. The number of aromatic nitrogens is 2. The fraction of sp³-hybridized carbons (Fsp3) is 0.400. The van der Waals surface area contributed by atoms with E-state index >= 15 is 0 Å². The van der Waals surface area contributed by atoms with Crippen molar-refractivity contribution in [1.29, 1.82) is 0 Å². The summed E-state index contributed by atoms with van der Waals surface area (Å²) in [7, 11) is 1.93. The average molecular weight is 279 g/mol. The third-order valence-electron chi connectivity index (χ3n) is 3.32. The molecule has 0 radical (unpaired) electrons. The molecule has 2 rings (SSSR count). The molecule has 1 aromatic carbocycles. The van der Waals surface area contributed by atoms with Gasteiger partial charge in [-0.2, -0.15) is 0 Å². The summed E-state index contributed by atoms with van der Waals surface area (Å²) in [5.41, 5.74) is 0.520. The van der Waals surface area contributed by atoms with Crippen LogP contribution in [0.15, 0.2) is 30.6 Å². The van der Waals surface area contributed by atoms with Crippen LogP contribution < -0.4 is 5.32 Å². The van der Waals surface area contributed by atoms with E-state index < -0.39 is 11.6 Å². The zero-order valence-electron chi connectivity index (χ0n) is 11.7. The van der Waals surface area contributed by atoms with E-state index in [1.807, 2.05) is 24.7 Å². The summed E-state index contributed by atoms with van der Waals surface area (Å²) in [5, 5.41) is 3.32. The lowest BCUT2D eigenvalue weighted by Crippen LogP contribution is -2.34. The number of aryl methyl sites for hydroxylation is 1. The summed E-state index contributed by atoms with van der Waals surface area (Å²) < 4.78 is 28.6. The van der Waals surface area contributed by atoms with Crippen LogP contribution in [0.5, 0.6) is 0 Å². The van der Waals surface area contributed by atoms with Crippen LogP contribution in [0.1, 0.15) is 18.3 Å². The Morgan fingerprint density at radius 1 is 1.30 bits per heavy atom. The third-order valence-corrected chi connectivity index (χ3v) is 3.32. The second-order valence-corrected chi connectivity index (χ2v) is 4.85. The molecule has 0 amide bonds. The number of hydrogen-bond acceptors (Lipinski definition) is 2. The molecule has 1 atom stereocenters. The Labute approximate surface area is 117 Å². The molecular formula is C15H19F2N3. The lowest BCUT2D eigenvalue weighted by molar-refractivity contribution is 0.488. The van der Waals surface area contributed by atoms with Gasteiger partial charge in [-0.25, -0.2) is 13.8 Å². The minimum Gasteiger partial charge on any atom is -0.338 e. The normalized spacial score (nSPS) is 12.6. The van der Waals surface area contributed by atoms with E-state index in [2.05, 4.69) is 10.3 Å². The van der Waals surface area contributed by atoms with E-state index in [0.29, 0.717) is 18.4 Å². The van der Waals surface area contributed by atoms with E-state index in [0.717, 1.165) is 18.4 Å². The fourth-order valence-corrected chi connectivity index (χ4v) is 2.27. The number of rotatable bonds is 6. The van der Waals surface area contributed by atoms with Crippen LogP contribution in [0.25, 0.3) is 0 Å². The second kappa shape index (κ2) is 6.61. The predicted octanol–water partition coefficient (Wildman–Crippen LogP) is 2.46. The van der Waals surface area contributed by atoms with Gasteiger partial charge in [0.25, 0.3) is 0 Å². The molecular weight excluding hydrogens is 260 g/mol. The van der Waals surface area contributed by atoms with E-state index in [9.17, 15) is 8.78 Å². The first-order chi connectivity index (χ1) is 9.60. The van der Waals surface area contributed by atoms with Gasteiger partial charge in [0.1, 0.15) is 17.5 Å². The molecule has 0 bridgehead atoms.